The van der Waals surface area contributed by atoms with Gasteiger partial charge >= 0.3 is 0 Å². The second-order valence-corrected chi connectivity index (χ2v) is 5.08. The van der Waals surface area contributed by atoms with Gasteiger partial charge < -0.3 is 10.6 Å². The zero-order valence-corrected chi connectivity index (χ0v) is 9.46. The van der Waals surface area contributed by atoms with E-state index < -0.39 is 0 Å². The maximum atomic E-state index is 6.05. The molecule has 0 amide bonds. The summed E-state index contributed by atoms with van der Waals surface area (Å²) in [5.74, 6) is 2.30. The van der Waals surface area contributed by atoms with Crippen molar-refractivity contribution in [2.24, 2.45) is 23.5 Å². The number of nitrogens with two attached hydrogens (primary N) is 1. The third-order valence-electron chi connectivity index (χ3n) is 3.39. The molecule has 3 atom stereocenters. The molecule has 0 aromatic carbocycles. The Labute approximate surface area is 82.5 Å². The van der Waals surface area contributed by atoms with Crippen LogP contribution in [0.1, 0.15) is 27.7 Å². The van der Waals surface area contributed by atoms with Crippen molar-refractivity contribution in [2.45, 2.75) is 33.7 Å². The summed E-state index contributed by atoms with van der Waals surface area (Å²) in [7, 11) is 0. The molecule has 0 radical (unpaired) electrons. The Morgan fingerprint density at radius 2 is 1.69 bits per heavy atom. The SMILES string of the molecule is CC(C)C(N)CN1CC(C)C(C)C1. The van der Waals surface area contributed by atoms with Crippen molar-refractivity contribution in [3.63, 3.8) is 0 Å². The van der Waals surface area contributed by atoms with E-state index in [4.69, 9.17) is 5.73 Å². The maximum absolute atomic E-state index is 6.05. The molecule has 13 heavy (non-hydrogen) atoms. The zero-order chi connectivity index (χ0) is 10.0. The Kier molecular flexibility index (Phi) is 3.74. The van der Waals surface area contributed by atoms with E-state index in [1.165, 1.54) is 13.1 Å². The van der Waals surface area contributed by atoms with Crippen LogP contribution in [0.2, 0.25) is 0 Å². The first-order valence-electron chi connectivity index (χ1n) is 5.48. The summed E-state index contributed by atoms with van der Waals surface area (Å²) < 4.78 is 0. The van der Waals surface area contributed by atoms with Crippen LogP contribution in [0.4, 0.5) is 0 Å². The van der Waals surface area contributed by atoms with Crippen LogP contribution in [-0.4, -0.2) is 30.6 Å². The van der Waals surface area contributed by atoms with Gasteiger partial charge in [0.25, 0.3) is 0 Å². The zero-order valence-electron chi connectivity index (χ0n) is 9.46. The van der Waals surface area contributed by atoms with Gasteiger partial charge in [-0.3, -0.25) is 0 Å². The fourth-order valence-corrected chi connectivity index (χ4v) is 1.91. The molecule has 1 rings (SSSR count). The number of hydrogen-bond donors (Lipinski definition) is 1. The van der Waals surface area contributed by atoms with Gasteiger partial charge in [-0.05, 0) is 17.8 Å². The fraction of sp³-hybridized carbons (Fsp3) is 1.00. The minimum Gasteiger partial charge on any atom is -0.326 e. The normalized spacial score (nSPS) is 32.8. The summed E-state index contributed by atoms with van der Waals surface area (Å²) in [6.07, 6.45) is 0. The molecule has 1 aliphatic heterocycles. The highest BCUT2D eigenvalue weighted by molar-refractivity contribution is 4.81. The van der Waals surface area contributed by atoms with Crippen LogP contribution < -0.4 is 5.73 Å². The van der Waals surface area contributed by atoms with Crippen molar-refractivity contribution in [3.8, 4) is 0 Å². The number of likely N-dealkylation sites (tertiary alicyclic amines) is 1. The van der Waals surface area contributed by atoms with Gasteiger partial charge in [-0.15, -0.1) is 0 Å². The van der Waals surface area contributed by atoms with Crippen molar-refractivity contribution < 1.29 is 0 Å². The predicted octanol–water partition coefficient (Wildman–Crippen LogP) is 1.56. The van der Waals surface area contributed by atoms with Gasteiger partial charge in [0.1, 0.15) is 0 Å². The van der Waals surface area contributed by atoms with Crippen molar-refractivity contribution in [1.29, 1.82) is 0 Å². The van der Waals surface area contributed by atoms with E-state index in [2.05, 4.69) is 32.6 Å². The summed E-state index contributed by atoms with van der Waals surface area (Å²) in [6.45, 7) is 12.6. The van der Waals surface area contributed by atoms with Gasteiger partial charge in [-0.25, -0.2) is 0 Å². The second kappa shape index (κ2) is 4.43. The molecule has 1 heterocycles. The molecule has 0 spiro atoms. The Morgan fingerprint density at radius 3 is 2.08 bits per heavy atom. The lowest BCUT2D eigenvalue weighted by Crippen LogP contribution is -2.39. The van der Waals surface area contributed by atoms with Crippen LogP contribution in [0.5, 0.6) is 0 Å². The van der Waals surface area contributed by atoms with Crippen LogP contribution in [0.25, 0.3) is 0 Å². The lowest BCUT2D eigenvalue weighted by Gasteiger charge is -2.23. The standard InChI is InChI=1S/C11H24N2/c1-8(2)11(12)7-13-5-9(3)10(4)6-13/h8-11H,5-7,12H2,1-4H3. The van der Waals surface area contributed by atoms with Gasteiger partial charge in [0.15, 0.2) is 0 Å². The molecule has 1 aliphatic rings. The summed E-state index contributed by atoms with van der Waals surface area (Å²) in [5.41, 5.74) is 6.05. The van der Waals surface area contributed by atoms with Crippen LogP contribution in [-0.2, 0) is 0 Å². The molecule has 1 fully saturated rings. The molecular formula is C11H24N2. The van der Waals surface area contributed by atoms with Gasteiger partial charge in [-0.1, -0.05) is 27.7 Å². The summed E-state index contributed by atoms with van der Waals surface area (Å²) in [6, 6.07) is 0.345. The highest BCUT2D eigenvalue weighted by Crippen LogP contribution is 2.22. The molecule has 0 aromatic heterocycles. The van der Waals surface area contributed by atoms with E-state index in [1.807, 2.05) is 0 Å². The second-order valence-electron chi connectivity index (χ2n) is 5.08. The first kappa shape index (κ1) is 11.0. The average molecular weight is 184 g/mol. The van der Waals surface area contributed by atoms with Crippen LogP contribution in [0, 0.1) is 17.8 Å². The number of nitrogens with zero attached hydrogens (tertiary/aromatic N) is 1. The van der Waals surface area contributed by atoms with E-state index in [0.29, 0.717) is 12.0 Å². The number of hydrogen-bond acceptors (Lipinski definition) is 2. The van der Waals surface area contributed by atoms with Crippen molar-refractivity contribution in [1.82, 2.24) is 4.90 Å². The van der Waals surface area contributed by atoms with E-state index >= 15 is 0 Å². The lowest BCUT2D eigenvalue weighted by atomic mass is 10.0. The molecule has 1 saturated heterocycles. The summed E-state index contributed by atoms with van der Waals surface area (Å²) >= 11 is 0. The lowest BCUT2D eigenvalue weighted by molar-refractivity contribution is 0.275. The molecule has 3 unspecified atom stereocenters. The molecule has 2 nitrogen and oxygen atoms in total. The van der Waals surface area contributed by atoms with Gasteiger partial charge in [-0.2, -0.15) is 0 Å². The smallest absolute Gasteiger partial charge is 0.0191 e. The van der Waals surface area contributed by atoms with E-state index in [9.17, 15) is 0 Å². The third kappa shape index (κ3) is 2.96. The number of rotatable bonds is 3. The molecule has 2 N–H and O–H groups in total. The van der Waals surface area contributed by atoms with Crippen LogP contribution in [0.15, 0.2) is 0 Å². The van der Waals surface area contributed by atoms with E-state index in [1.54, 1.807) is 0 Å². The highest BCUT2D eigenvalue weighted by atomic mass is 15.2. The monoisotopic (exact) mass is 184 g/mol. The quantitative estimate of drug-likeness (QED) is 0.721. The molecule has 0 bridgehead atoms. The predicted molar refractivity (Wildman–Crippen MR) is 57.6 cm³/mol. The first-order valence-corrected chi connectivity index (χ1v) is 5.48. The molecular weight excluding hydrogens is 160 g/mol. The third-order valence-corrected chi connectivity index (χ3v) is 3.39. The summed E-state index contributed by atoms with van der Waals surface area (Å²) in [5, 5.41) is 0. The summed E-state index contributed by atoms with van der Waals surface area (Å²) in [4.78, 5) is 2.51. The average Bonchev–Trinajstić information content (AvgIpc) is 2.31. The van der Waals surface area contributed by atoms with Crippen molar-refractivity contribution >= 4 is 0 Å². The largest absolute Gasteiger partial charge is 0.326 e. The minimum absolute atomic E-state index is 0.345. The minimum atomic E-state index is 0.345. The van der Waals surface area contributed by atoms with Crippen molar-refractivity contribution in [3.05, 3.63) is 0 Å². The van der Waals surface area contributed by atoms with Crippen LogP contribution >= 0.6 is 0 Å². The van der Waals surface area contributed by atoms with Crippen molar-refractivity contribution in [2.75, 3.05) is 19.6 Å². The Hall–Kier alpha value is -0.0800. The van der Waals surface area contributed by atoms with Crippen LogP contribution in [0.3, 0.4) is 0 Å². The molecule has 2 heteroatoms. The Balaban J connectivity index is 2.31. The fourth-order valence-electron chi connectivity index (χ4n) is 1.91. The van der Waals surface area contributed by atoms with E-state index in [0.717, 1.165) is 18.4 Å². The first-order chi connectivity index (χ1) is 6.00. The molecule has 0 aromatic rings. The topological polar surface area (TPSA) is 29.3 Å². The molecule has 78 valence electrons. The highest BCUT2D eigenvalue weighted by Gasteiger charge is 2.27. The molecule has 0 saturated carbocycles. The molecule has 0 aliphatic carbocycles. The Morgan fingerprint density at radius 1 is 1.23 bits per heavy atom. The van der Waals surface area contributed by atoms with Gasteiger partial charge in [0.05, 0.1) is 0 Å². The maximum Gasteiger partial charge on any atom is 0.0191 e. The van der Waals surface area contributed by atoms with Gasteiger partial charge in [0, 0.05) is 25.7 Å². The Bertz CT molecular complexity index is 146. The van der Waals surface area contributed by atoms with E-state index in [-0.39, 0.29) is 0 Å². The van der Waals surface area contributed by atoms with Gasteiger partial charge in [0.2, 0.25) is 0 Å².